The molecule has 2 aromatic carbocycles. The number of likely N-dealkylation sites (tertiary alicyclic amines) is 1. The smallest absolute Gasteiger partial charge is 0.236 e. The largest absolute Gasteiger partial charge is 0.508 e. The summed E-state index contributed by atoms with van der Waals surface area (Å²) in [5, 5.41) is 18.4. The molecule has 5 nitrogen and oxygen atoms in total. The van der Waals surface area contributed by atoms with Crippen LogP contribution in [0, 0.1) is 5.41 Å². The van der Waals surface area contributed by atoms with Gasteiger partial charge in [0.25, 0.3) is 0 Å². The number of benzene rings is 2. The highest BCUT2D eigenvalue weighted by Crippen LogP contribution is 2.46. The second-order valence-electron chi connectivity index (χ2n) is 9.62. The third kappa shape index (κ3) is 3.92. The van der Waals surface area contributed by atoms with E-state index in [4.69, 9.17) is 10.4 Å². The first kappa shape index (κ1) is 21.4. The lowest BCUT2D eigenvalue weighted by Crippen LogP contribution is -2.40. The van der Waals surface area contributed by atoms with Gasteiger partial charge in [0.15, 0.2) is 0 Å². The molecule has 2 aliphatic rings. The molecule has 1 saturated carbocycles. The maximum Gasteiger partial charge on any atom is 0.236 e. The van der Waals surface area contributed by atoms with Crippen molar-refractivity contribution in [2.24, 2.45) is 0 Å². The van der Waals surface area contributed by atoms with Gasteiger partial charge in [-0.05, 0) is 71.7 Å². The fraction of sp³-hybridized carbons (Fsp3) is 0.321. The lowest BCUT2D eigenvalue weighted by atomic mass is 9.68. The van der Waals surface area contributed by atoms with Crippen molar-refractivity contribution < 1.29 is 9.90 Å². The first-order valence-corrected chi connectivity index (χ1v) is 11.6. The molecular formula is C28H29N3O2. The van der Waals surface area contributed by atoms with Crippen LogP contribution in [0.2, 0.25) is 0 Å². The first-order chi connectivity index (χ1) is 15.9. The molecule has 0 radical (unpaired) electrons. The molecule has 1 aliphatic heterocycles. The molecule has 3 aromatic rings. The van der Waals surface area contributed by atoms with Crippen LogP contribution in [0.4, 0.5) is 0 Å². The summed E-state index contributed by atoms with van der Waals surface area (Å²) in [4.78, 5) is 19.9. The quantitative estimate of drug-likeness (QED) is 0.555. The molecule has 2 atom stereocenters. The van der Waals surface area contributed by atoms with E-state index in [1.165, 1.54) is 23.3 Å². The van der Waals surface area contributed by atoms with E-state index >= 15 is 0 Å². The minimum Gasteiger partial charge on any atom is -0.508 e. The highest BCUT2D eigenvalue weighted by molar-refractivity contribution is 6.01. The van der Waals surface area contributed by atoms with E-state index in [0.29, 0.717) is 24.6 Å². The van der Waals surface area contributed by atoms with E-state index in [1.807, 2.05) is 24.3 Å². The average Bonchev–Trinajstić information content (AvgIpc) is 3.68. The zero-order valence-corrected chi connectivity index (χ0v) is 19.1. The lowest BCUT2D eigenvalue weighted by molar-refractivity contribution is -0.129. The van der Waals surface area contributed by atoms with E-state index in [-0.39, 0.29) is 11.7 Å². The van der Waals surface area contributed by atoms with Crippen molar-refractivity contribution >= 4 is 11.7 Å². The first-order valence-electron chi connectivity index (χ1n) is 11.6. The number of phenols is 1. The number of carbonyl (C=O) groups excluding carboxylic acids is 1. The average molecular weight is 440 g/mol. The molecule has 5 heteroatoms. The van der Waals surface area contributed by atoms with Gasteiger partial charge < -0.3 is 10.0 Å². The van der Waals surface area contributed by atoms with Gasteiger partial charge in [-0.15, -0.1) is 0 Å². The number of rotatable bonds is 4. The minimum absolute atomic E-state index is 0.0660. The second-order valence-corrected chi connectivity index (χ2v) is 9.62. The standard InChI is InChI=1S/C28H29N3O2/c1-28(24-17-22(13-15-30-24)21-4-3-5-23(32)16-21)14-12-25(29)31(2)27(33)26(28)20-10-8-19(9-11-20)18-6-7-18/h3-5,8-11,13,15-18,26,29,32H,6-7,12,14H2,1-2H3/t26-,28+/m0/s1. The van der Waals surface area contributed by atoms with Crippen molar-refractivity contribution in [3.8, 4) is 16.9 Å². The number of nitrogens with zero attached hydrogens (tertiary/aromatic N) is 2. The molecule has 2 N–H and O–H groups in total. The van der Waals surface area contributed by atoms with Gasteiger partial charge in [0.1, 0.15) is 11.6 Å². The molecule has 1 aliphatic carbocycles. The van der Waals surface area contributed by atoms with Crippen LogP contribution < -0.4 is 0 Å². The molecular weight excluding hydrogens is 410 g/mol. The topological polar surface area (TPSA) is 77.3 Å². The van der Waals surface area contributed by atoms with Crippen LogP contribution in [0.1, 0.15) is 61.3 Å². The van der Waals surface area contributed by atoms with Crippen LogP contribution in [0.5, 0.6) is 5.75 Å². The number of aromatic hydroxyl groups is 1. The Balaban J connectivity index is 1.61. The molecule has 2 heterocycles. The predicted octanol–water partition coefficient (Wildman–Crippen LogP) is 5.60. The molecule has 0 unspecified atom stereocenters. The monoisotopic (exact) mass is 439 g/mol. The Morgan fingerprint density at radius 1 is 1.03 bits per heavy atom. The highest BCUT2D eigenvalue weighted by Gasteiger charge is 2.46. The Bertz CT molecular complexity index is 1220. The van der Waals surface area contributed by atoms with Crippen molar-refractivity contribution in [1.29, 1.82) is 5.41 Å². The van der Waals surface area contributed by atoms with E-state index in [2.05, 4.69) is 31.2 Å². The number of aromatic nitrogens is 1. The summed E-state index contributed by atoms with van der Waals surface area (Å²) in [5.74, 6) is 0.707. The van der Waals surface area contributed by atoms with E-state index in [0.717, 1.165) is 22.4 Å². The van der Waals surface area contributed by atoms with Gasteiger partial charge in [-0.25, -0.2) is 0 Å². The molecule has 1 amide bonds. The minimum atomic E-state index is -0.581. The molecule has 0 bridgehead atoms. The van der Waals surface area contributed by atoms with Crippen LogP contribution in [-0.4, -0.2) is 33.8 Å². The number of amides is 1. The number of likely N-dealkylation sites (N-methyl/N-ethyl adjacent to an activating group) is 1. The van der Waals surface area contributed by atoms with Crippen molar-refractivity contribution in [1.82, 2.24) is 9.88 Å². The number of amidine groups is 1. The summed E-state index contributed by atoms with van der Waals surface area (Å²) in [6.07, 6.45) is 5.41. The van der Waals surface area contributed by atoms with Crippen LogP contribution in [-0.2, 0) is 10.2 Å². The fourth-order valence-electron chi connectivity index (χ4n) is 5.06. The summed E-state index contributed by atoms with van der Waals surface area (Å²) in [7, 11) is 1.71. The van der Waals surface area contributed by atoms with Gasteiger partial charge in [-0.2, -0.15) is 0 Å². The van der Waals surface area contributed by atoms with Gasteiger partial charge >= 0.3 is 0 Å². The van der Waals surface area contributed by atoms with Gasteiger partial charge in [0, 0.05) is 30.8 Å². The summed E-state index contributed by atoms with van der Waals surface area (Å²) in [6.45, 7) is 2.10. The van der Waals surface area contributed by atoms with Crippen molar-refractivity contribution in [2.45, 2.75) is 49.9 Å². The summed E-state index contributed by atoms with van der Waals surface area (Å²) < 4.78 is 0. The van der Waals surface area contributed by atoms with Crippen LogP contribution in [0.25, 0.3) is 11.1 Å². The molecule has 33 heavy (non-hydrogen) atoms. The normalized spacial score (nSPS) is 23.5. The summed E-state index contributed by atoms with van der Waals surface area (Å²) >= 11 is 0. The SMILES string of the molecule is CN1C(=N)CC[C@](C)(c2cc(-c3cccc(O)c3)ccn2)[C@@H](c2ccc(C3CC3)cc2)C1=O. The number of hydrogen-bond acceptors (Lipinski definition) is 4. The number of nitrogens with one attached hydrogen (secondary N) is 1. The zero-order chi connectivity index (χ0) is 23.2. The van der Waals surface area contributed by atoms with Crippen LogP contribution in [0.15, 0.2) is 66.9 Å². The van der Waals surface area contributed by atoms with Crippen molar-refractivity contribution in [3.63, 3.8) is 0 Å². The van der Waals surface area contributed by atoms with E-state index in [9.17, 15) is 9.90 Å². The van der Waals surface area contributed by atoms with Crippen molar-refractivity contribution in [2.75, 3.05) is 7.05 Å². The summed E-state index contributed by atoms with van der Waals surface area (Å²) in [6, 6.07) is 19.6. The Labute approximate surface area is 194 Å². The van der Waals surface area contributed by atoms with Crippen LogP contribution in [0.3, 0.4) is 0 Å². The maximum atomic E-state index is 13.7. The summed E-state index contributed by atoms with van der Waals surface area (Å²) in [5.41, 5.74) is 4.40. The number of hydrogen-bond donors (Lipinski definition) is 2. The third-order valence-electron chi connectivity index (χ3n) is 7.34. The van der Waals surface area contributed by atoms with Gasteiger partial charge in [-0.3, -0.25) is 15.2 Å². The highest BCUT2D eigenvalue weighted by atomic mass is 16.3. The molecule has 5 rings (SSSR count). The van der Waals surface area contributed by atoms with Crippen LogP contribution >= 0.6 is 0 Å². The maximum absolute atomic E-state index is 13.7. The molecule has 0 spiro atoms. The Hall–Kier alpha value is -3.47. The number of carbonyl (C=O) groups is 1. The van der Waals surface area contributed by atoms with E-state index in [1.54, 1.807) is 25.4 Å². The molecule has 1 saturated heterocycles. The Kier molecular flexibility index (Phi) is 5.28. The fourth-order valence-corrected chi connectivity index (χ4v) is 5.06. The molecule has 168 valence electrons. The predicted molar refractivity (Wildman–Crippen MR) is 130 cm³/mol. The number of phenolic OH excluding ortho intramolecular Hbond substituents is 1. The van der Waals surface area contributed by atoms with Gasteiger partial charge in [0.05, 0.1) is 5.92 Å². The third-order valence-corrected chi connectivity index (χ3v) is 7.34. The Morgan fingerprint density at radius 3 is 2.42 bits per heavy atom. The molecule has 2 fully saturated rings. The lowest BCUT2D eigenvalue weighted by Gasteiger charge is -2.36. The van der Waals surface area contributed by atoms with Gasteiger partial charge in [0.2, 0.25) is 5.91 Å². The Morgan fingerprint density at radius 2 is 1.73 bits per heavy atom. The van der Waals surface area contributed by atoms with Gasteiger partial charge in [-0.1, -0.05) is 43.3 Å². The van der Waals surface area contributed by atoms with E-state index < -0.39 is 11.3 Å². The number of pyridine rings is 1. The van der Waals surface area contributed by atoms with Crippen molar-refractivity contribution in [3.05, 3.63) is 83.7 Å². The molecule has 1 aromatic heterocycles. The second kappa shape index (κ2) is 8.14. The zero-order valence-electron chi connectivity index (χ0n) is 19.1.